The maximum atomic E-state index is 9.67. The summed E-state index contributed by atoms with van der Waals surface area (Å²) in [5.41, 5.74) is 10.9. The van der Waals surface area contributed by atoms with E-state index in [-0.39, 0.29) is 53.6 Å². The van der Waals surface area contributed by atoms with Gasteiger partial charge in [-0.2, -0.15) is 0 Å². The van der Waals surface area contributed by atoms with E-state index in [0.29, 0.717) is 12.8 Å². The molecule has 4 atom stereocenters. The normalized spacial score (nSPS) is 20.1. The van der Waals surface area contributed by atoms with E-state index in [1.165, 1.54) is 0 Å². The second kappa shape index (κ2) is 13.5. The fourth-order valence-electron chi connectivity index (χ4n) is 6.64. The quantitative estimate of drug-likeness (QED) is 0.194. The zero-order valence-electron chi connectivity index (χ0n) is 25.5. The number of aliphatic hydroxyl groups is 4. The Morgan fingerprint density at radius 2 is 1.28 bits per heavy atom. The molecule has 4 N–H and O–H groups in total. The Bertz CT molecular complexity index is 1640. The minimum absolute atomic E-state index is 0. The zero-order valence-corrected chi connectivity index (χ0v) is 26.6. The van der Waals surface area contributed by atoms with E-state index in [1.807, 2.05) is 25.1 Å². The molecule has 0 saturated carbocycles. The van der Waals surface area contributed by atoms with Crippen LogP contribution in [0, 0.1) is 13.8 Å². The van der Waals surface area contributed by atoms with Gasteiger partial charge in [0.1, 0.15) is 0 Å². The van der Waals surface area contributed by atoms with Gasteiger partial charge in [-0.3, -0.25) is 9.97 Å². The second-order valence-electron chi connectivity index (χ2n) is 11.9. The molecule has 5 rings (SSSR count). The van der Waals surface area contributed by atoms with Crippen molar-refractivity contribution in [1.29, 1.82) is 0 Å². The third-order valence-corrected chi connectivity index (χ3v) is 9.28. The molecule has 2 aliphatic heterocycles. The first-order chi connectivity index (χ1) is 20.0. The molecule has 3 aromatic rings. The maximum Gasteiger partial charge on any atom is 2.00 e. The number of nitrogens with zero attached hydrogens (tertiary/aromatic N) is 4. The summed E-state index contributed by atoms with van der Waals surface area (Å²) in [6, 6.07) is 8.20. The molecule has 0 aromatic carbocycles. The van der Waals surface area contributed by atoms with Gasteiger partial charge in [-0.05, 0) is 45.1 Å². The van der Waals surface area contributed by atoms with Crippen LogP contribution in [0.1, 0.15) is 115 Å². The molecule has 0 saturated heterocycles. The van der Waals surface area contributed by atoms with Crippen molar-refractivity contribution in [3.63, 3.8) is 0 Å². The average molecular weight is 627 g/mol. The molecular formula is C34H42FeN4O4. The van der Waals surface area contributed by atoms with Crippen molar-refractivity contribution in [3.05, 3.63) is 75.9 Å². The third kappa shape index (κ3) is 6.53. The van der Waals surface area contributed by atoms with E-state index in [9.17, 15) is 20.4 Å². The monoisotopic (exact) mass is 626 g/mol. The molecule has 4 unspecified atom stereocenters. The summed E-state index contributed by atoms with van der Waals surface area (Å²) in [7, 11) is 0. The van der Waals surface area contributed by atoms with Gasteiger partial charge in [0.15, 0.2) is 12.6 Å². The largest absolute Gasteiger partial charge is 2.00 e. The summed E-state index contributed by atoms with van der Waals surface area (Å²) in [6.07, 6.45) is 1.40. The van der Waals surface area contributed by atoms with Crippen LogP contribution in [0.15, 0.2) is 30.8 Å². The van der Waals surface area contributed by atoms with Gasteiger partial charge >= 0.3 is 17.1 Å². The van der Waals surface area contributed by atoms with Gasteiger partial charge in [-0.1, -0.05) is 74.4 Å². The Morgan fingerprint density at radius 1 is 0.767 bits per heavy atom. The molecule has 2 aliphatic rings. The predicted octanol–water partition coefficient (Wildman–Crippen LogP) is 5.35. The number of rotatable bonds is 8. The summed E-state index contributed by atoms with van der Waals surface area (Å²) in [5.74, 6) is 0.421. The van der Waals surface area contributed by atoms with Gasteiger partial charge in [-0.25, -0.2) is 0 Å². The van der Waals surface area contributed by atoms with E-state index in [4.69, 9.17) is 19.9 Å². The van der Waals surface area contributed by atoms with Crippen molar-refractivity contribution >= 4 is 28.1 Å². The van der Waals surface area contributed by atoms with Crippen LogP contribution >= 0.6 is 0 Å². The van der Waals surface area contributed by atoms with Crippen LogP contribution in [-0.4, -0.2) is 43.0 Å². The zero-order chi connectivity index (χ0) is 30.3. The first kappa shape index (κ1) is 33.1. The first-order valence-electron chi connectivity index (χ1n) is 15.0. The van der Waals surface area contributed by atoms with Crippen molar-refractivity contribution in [1.82, 2.24) is 19.9 Å². The summed E-state index contributed by atoms with van der Waals surface area (Å²) in [5, 5.41) is 38.7. The number of aromatic nitrogens is 4. The van der Waals surface area contributed by atoms with Gasteiger partial charge in [-0.15, -0.1) is 22.1 Å². The van der Waals surface area contributed by atoms with Crippen LogP contribution in [0.4, 0.5) is 0 Å². The van der Waals surface area contributed by atoms with Crippen LogP contribution in [0.25, 0.3) is 28.1 Å². The predicted molar refractivity (Wildman–Crippen MR) is 165 cm³/mol. The number of aryl methyl sites for hydroxylation is 3. The molecule has 0 fully saturated rings. The molecule has 230 valence electrons. The van der Waals surface area contributed by atoms with Crippen LogP contribution in [0.5, 0.6) is 0 Å². The molecule has 0 aliphatic carbocycles. The van der Waals surface area contributed by atoms with Crippen molar-refractivity contribution in [2.75, 3.05) is 0 Å². The molecule has 0 radical (unpaired) electrons. The molecule has 8 bridgehead atoms. The SMILES string of the molecule is C=Cc1c(C)c2cc3nc(cc4[n-]c(cc5nc(cc1[n-]2)C(C)C5CC)c(C)c4CCC(O)O)C(CCC(O)O)C3C.[Fe+2]. The minimum atomic E-state index is -1.42. The second-order valence-corrected chi connectivity index (χ2v) is 11.9. The number of hydrogen-bond acceptors (Lipinski definition) is 6. The Balaban J connectivity index is 0.00000423. The standard InChI is InChI=1S/C34H42N4O4.Fe/c1-7-21-17(3)25-13-26-19(5)23(9-11-33(39)40)31(37-26)16-32-24(10-12-34(41)42)20(6)28(38-32)15-30-22(8-2)18(4)27(36-30)14-29(21)35-25;/h7,13-16,18-19,22-23,33-34,39-42H,1,8-12H2,2-6H3;/q-2;+2. The van der Waals surface area contributed by atoms with E-state index < -0.39 is 12.6 Å². The van der Waals surface area contributed by atoms with Gasteiger partial charge in [0.05, 0.1) is 0 Å². The molecule has 3 aromatic heterocycles. The molecule has 0 amide bonds. The Morgan fingerprint density at radius 3 is 1.88 bits per heavy atom. The topological polar surface area (TPSA) is 135 Å². The van der Waals surface area contributed by atoms with Crippen molar-refractivity contribution in [2.24, 2.45) is 0 Å². The Hall–Kier alpha value is -2.78. The Labute approximate surface area is 263 Å². The maximum absolute atomic E-state index is 9.67. The molecule has 43 heavy (non-hydrogen) atoms. The summed E-state index contributed by atoms with van der Waals surface area (Å²) >= 11 is 0. The number of fused-ring (bicyclic) bond motifs is 8. The summed E-state index contributed by atoms with van der Waals surface area (Å²) < 4.78 is 0. The van der Waals surface area contributed by atoms with Crippen LogP contribution < -0.4 is 9.97 Å². The van der Waals surface area contributed by atoms with E-state index in [0.717, 1.165) is 73.5 Å². The average Bonchev–Trinajstić information content (AvgIpc) is 3.59. The fraction of sp³-hybridized carbons (Fsp3) is 0.471. The van der Waals surface area contributed by atoms with Gasteiger partial charge < -0.3 is 30.4 Å². The van der Waals surface area contributed by atoms with Gasteiger partial charge in [0.25, 0.3) is 0 Å². The smallest absolute Gasteiger partial charge is 0.657 e. The molecular weight excluding hydrogens is 584 g/mol. The summed E-state index contributed by atoms with van der Waals surface area (Å²) in [4.78, 5) is 20.3. The third-order valence-electron chi connectivity index (χ3n) is 9.28. The van der Waals surface area contributed by atoms with Crippen LogP contribution in [0.2, 0.25) is 0 Å². The van der Waals surface area contributed by atoms with Gasteiger partial charge in [0, 0.05) is 52.9 Å². The first-order valence-corrected chi connectivity index (χ1v) is 15.0. The van der Waals surface area contributed by atoms with Crippen molar-refractivity contribution in [2.45, 2.75) is 103 Å². The van der Waals surface area contributed by atoms with Crippen LogP contribution in [-0.2, 0) is 23.5 Å². The number of aliphatic hydroxyl groups excluding tert-OH is 2. The molecule has 5 heterocycles. The van der Waals surface area contributed by atoms with E-state index in [1.54, 1.807) is 0 Å². The van der Waals surface area contributed by atoms with Crippen LogP contribution in [0.3, 0.4) is 0 Å². The fourth-order valence-corrected chi connectivity index (χ4v) is 6.64. The molecule has 9 heteroatoms. The molecule has 0 spiro atoms. The Kier molecular flexibility index (Phi) is 10.4. The van der Waals surface area contributed by atoms with E-state index >= 15 is 0 Å². The summed E-state index contributed by atoms with van der Waals surface area (Å²) in [6.45, 7) is 14.7. The number of hydrogen-bond donors (Lipinski definition) is 4. The van der Waals surface area contributed by atoms with Crippen molar-refractivity contribution in [3.8, 4) is 0 Å². The van der Waals surface area contributed by atoms with Crippen molar-refractivity contribution < 1.29 is 37.5 Å². The van der Waals surface area contributed by atoms with Gasteiger partial charge in [0.2, 0.25) is 0 Å². The molecule has 8 nitrogen and oxygen atoms in total. The van der Waals surface area contributed by atoms with E-state index in [2.05, 4.69) is 46.4 Å². The minimum Gasteiger partial charge on any atom is -0.657 e.